The van der Waals surface area contributed by atoms with Gasteiger partial charge in [0.2, 0.25) is 11.8 Å². The number of para-hydroxylation sites is 1. The zero-order valence-corrected chi connectivity index (χ0v) is 17.2. The second-order valence-corrected chi connectivity index (χ2v) is 6.22. The minimum Gasteiger partial charge on any atom is -0.549 e. The minimum atomic E-state index is -1.50. The number of carbonyl (C=O) groups excluding carboxylic acids is 3. The quantitative estimate of drug-likeness (QED) is 0.401. The number of hydrogen-bond donors (Lipinski definition) is 2. The summed E-state index contributed by atoms with van der Waals surface area (Å²) in [7, 11) is 0. The van der Waals surface area contributed by atoms with Gasteiger partial charge in [-0.05, 0) is 36.3 Å². The molecule has 0 aromatic heterocycles. The Bertz CT molecular complexity index is 915. The first-order valence-corrected chi connectivity index (χ1v) is 8.20. The van der Waals surface area contributed by atoms with Crippen molar-refractivity contribution in [1.82, 2.24) is 0 Å². The third kappa shape index (κ3) is 5.20. The summed E-state index contributed by atoms with van der Waals surface area (Å²) in [5, 5.41) is 16.9. The average molecular weight is 393 g/mol. The Balaban J connectivity index is 0.00000261. The monoisotopic (exact) mass is 392 g/mol. The van der Waals surface area contributed by atoms with Crippen LogP contribution in [0.25, 0.3) is 5.57 Å². The van der Waals surface area contributed by atoms with Crippen LogP contribution < -0.4 is 45.3 Å². The van der Waals surface area contributed by atoms with Crippen LogP contribution in [-0.4, -0.2) is 17.8 Å². The average Bonchev–Trinajstić information content (AvgIpc) is 2.72. The fraction of sp³-hybridized carbons (Fsp3) is 0.105. The van der Waals surface area contributed by atoms with Gasteiger partial charge in [-0.2, -0.15) is 0 Å². The van der Waals surface area contributed by atoms with Gasteiger partial charge in [0, 0.05) is 28.0 Å². The van der Waals surface area contributed by atoms with E-state index in [1.54, 1.807) is 36.4 Å². The number of carboxylic acids is 1. The van der Waals surface area contributed by atoms with E-state index in [9.17, 15) is 19.5 Å². The van der Waals surface area contributed by atoms with Gasteiger partial charge < -0.3 is 20.5 Å². The SMILES string of the molecule is O=C(/C=C1\CC(C(=O)[O-])C(=O)Nc2cc(Cl)ccc21)Nc1ccccc1.[Na+]. The number of fused-ring (bicyclic) bond motifs is 1. The number of rotatable bonds is 3. The van der Waals surface area contributed by atoms with E-state index in [4.69, 9.17) is 11.6 Å². The number of allylic oxidation sites excluding steroid dienone is 1. The number of amides is 2. The molecule has 0 saturated carbocycles. The number of carbonyl (C=O) groups is 3. The molecule has 0 radical (unpaired) electrons. The maximum Gasteiger partial charge on any atom is 1.00 e. The van der Waals surface area contributed by atoms with Gasteiger partial charge in [0.05, 0.1) is 11.9 Å². The first kappa shape index (κ1) is 21.2. The predicted molar refractivity (Wildman–Crippen MR) is 96.2 cm³/mol. The topological polar surface area (TPSA) is 98.3 Å². The number of benzene rings is 2. The van der Waals surface area contributed by atoms with E-state index in [0.29, 0.717) is 27.5 Å². The molecule has 1 unspecified atom stereocenters. The van der Waals surface area contributed by atoms with Crippen molar-refractivity contribution in [2.45, 2.75) is 6.42 Å². The van der Waals surface area contributed by atoms with Gasteiger partial charge >= 0.3 is 29.6 Å². The van der Waals surface area contributed by atoms with Crippen molar-refractivity contribution in [1.29, 1.82) is 0 Å². The number of aliphatic carboxylic acids is 1. The Kier molecular flexibility index (Phi) is 7.21. The predicted octanol–water partition coefficient (Wildman–Crippen LogP) is -0.926. The fourth-order valence-corrected chi connectivity index (χ4v) is 2.90. The van der Waals surface area contributed by atoms with E-state index in [1.165, 1.54) is 12.1 Å². The van der Waals surface area contributed by atoms with Crippen LogP contribution in [0.1, 0.15) is 12.0 Å². The summed E-state index contributed by atoms with van der Waals surface area (Å²) in [5.41, 5.74) is 1.89. The van der Waals surface area contributed by atoms with Crippen molar-refractivity contribution in [2.24, 2.45) is 5.92 Å². The summed E-state index contributed by atoms with van der Waals surface area (Å²) in [6, 6.07) is 13.6. The van der Waals surface area contributed by atoms with Crippen LogP contribution in [-0.2, 0) is 14.4 Å². The Morgan fingerprint density at radius 3 is 2.56 bits per heavy atom. The Morgan fingerprint density at radius 1 is 1.19 bits per heavy atom. The molecule has 8 heteroatoms. The molecule has 1 heterocycles. The Morgan fingerprint density at radius 2 is 1.89 bits per heavy atom. The molecule has 0 aliphatic carbocycles. The molecule has 1 atom stereocenters. The first-order chi connectivity index (χ1) is 12.4. The third-order valence-corrected chi connectivity index (χ3v) is 4.19. The molecular weight excluding hydrogens is 379 g/mol. The molecule has 27 heavy (non-hydrogen) atoms. The van der Waals surface area contributed by atoms with Crippen molar-refractivity contribution >= 4 is 46.3 Å². The Hall–Kier alpha value is -2.12. The van der Waals surface area contributed by atoms with E-state index in [0.717, 1.165) is 0 Å². The van der Waals surface area contributed by atoms with Crippen molar-refractivity contribution in [3.8, 4) is 0 Å². The second kappa shape index (κ2) is 9.19. The van der Waals surface area contributed by atoms with Crippen LogP contribution in [0, 0.1) is 5.92 Å². The van der Waals surface area contributed by atoms with E-state index >= 15 is 0 Å². The number of nitrogens with one attached hydrogen (secondary N) is 2. The molecule has 132 valence electrons. The molecule has 2 amide bonds. The molecule has 3 rings (SSSR count). The maximum atomic E-state index is 12.3. The summed E-state index contributed by atoms with van der Waals surface area (Å²) >= 11 is 5.96. The molecule has 2 aromatic carbocycles. The first-order valence-electron chi connectivity index (χ1n) is 7.82. The van der Waals surface area contributed by atoms with Crippen molar-refractivity contribution in [3.05, 3.63) is 65.2 Å². The molecule has 1 aliphatic heterocycles. The van der Waals surface area contributed by atoms with Crippen LogP contribution in [0.15, 0.2) is 54.6 Å². The number of hydrogen-bond acceptors (Lipinski definition) is 4. The van der Waals surface area contributed by atoms with Gasteiger partial charge in [-0.3, -0.25) is 9.59 Å². The summed E-state index contributed by atoms with van der Waals surface area (Å²) < 4.78 is 0. The number of anilines is 2. The van der Waals surface area contributed by atoms with Gasteiger partial charge in [0.1, 0.15) is 0 Å². The summed E-state index contributed by atoms with van der Waals surface area (Å²) in [5.74, 6) is -4.05. The van der Waals surface area contributed by atoms with Gasteiger partial charge in [-0.15, -0.1) is 0 Å². The zero-order chi connectivity index (χ0) is 18.7. The molecular formula is C19H14ClN2NaO4. The molecule has 2 aromatic rings. The van der Waals surface area contributed by atoms with Gasteiger partial charge in [0.25, 0.3) is 0 Å². The van der Waals surface area contributed by atoms with E-state index < -0.39 is 23.7 Å². The Labute approximate surface area is 182 Å². The van der Waals surface area contributed by atoms with Crippen LogP contribution >= 0.6 is 11.6 Å². The fourth-order valence-electron chi connectivity index (χ4n) is 2.73. The number of halogens is 1. The normalized spacial score (nSPS) is 17.1. The van der Waals surface area contributed by atoms with Gasteiger partial charge in [0.15, 0.2) is 0 Å². The van der Waals surface area contributed by atoms with Crippen molar-refractivity contribution < 1.29 is 49.0 Å². The third-order valence-electron chi connectivity index (χ3n) is 3.96. The molecule has 2 N–H and O–H groups in total. The largest absolute Gasteiger partial charge is 1.00 e. The number of carboxylic acid groups (broad SMARTS) is 1. The smallest absolute Gasteiger partial charge is 0.549 e. The second-order valence-electron chi connectivity index (χ2n) is 5.78. The van der Waals surface area contributed by atoms with Crippen molar-refractivity contribution in [2.75, 3.05) is 10.6 Å². The van der Waals surface area contributed by atoms with E-state index in [1.807, 2.05) is 6.07 Å². The van der Waals surface area contributed by atoms with Crippen LogP contribution in [0.2, 0.25) is 5.02 Å². The van der Waals surface area contributed by atoms with Crippen molar-refractivity contribution in [3.63, 3.8) is 0 Å². The standard InChI is InChI=1S/C19H15ClN2O4.Na/c20-12-6-7-14-11(9-17(23)21-13-4-2-1-3-5-13)8-15(19(25)26)18(24)22-16(14)10-12;/h1-7,9-10,15H,8H2,(H,21,23)(H,22,24)(H,25,26);/q;+1/p-1/b11-9+;. The molecule has 0 saturated heterocycles. The summed E-state index contributed by atoms with van der Waals surface area (Å²) in [6.07, 6.45) is 1.13. The molecule has 0 fully saturated rings. The van der Waals surface area contributed by atoms with E-state index in [-0.39, 0.29) is 36.0 Å². The molecule has 6 nitrogen and oxygen atoms in total. The van der Waals surface area contributed by atoms with Gasteiger partial charge in [-0.1, -0.05) is 35.9 Å². The molecule has 0 bridgehead atoms. The minimum absolute atomic E-state index is 0. The van der Waals surface area contributed by atoms with Gasteiger partial charge in [-0.25, -0.2) is 0 Å². The van der Waals surface area contributed by atoms with Crippen LogP contribution in [0.4, 0.5) is 11.4 Å². The maximum absolute atomic E-state index is 12.3. The summed E-state index contributed by atoms with van der Waals surface area (Å²) in [6.45, 7) is 0. The molecule has 0 spiro atoms. The van der Waals surface area contributed by atoms with Crippen LogP contribution in [0.3, 0.4) is 0 Å². The molecule has 1 aliphatic rings. The van der Waals surface area contributed by atoms with Crippen LogP contribution in [0.5, 0.6) is 0 Å². The van der Waals surface area contributed by atoms with E-state index in [2.05, 4.69) is 10.6 Å². The zero-order valence-electron chi connectivity index (χ0n) is 14.5. The summed E-state index contributed by atoms with van der Waals surface area (Å²) in [4.78, 5) is 35.8.